The molecule has 0 aliphatic carbocycles. The van der Waals surface area contributed by atoms with Crippen molar-refractivity contribution in [2.24, 2.45) is 5.73 Å². The van der Waals surface area contributed by atoms with Crippen LogP contribution in [0, 0.1) is 13.3 Å². The van der Waals surface area contributed by atoms with Crippen molar-refractivity contribution in [3.05, 3.63) is 23.8 Å². The Hall–Kier alpha value is -2.38. The van der Waals surface area contributed by atoms with Crippen LogP contribution in [0.15, 0.2) is 4.42 Å². The number of amides is 4. The molecule has 103 valence electrons. The van der Waals surface area contributed by atoms with Gasteiger partial charge in [0, 0.05) is 20.5 Å². The van der Waals surface area contributed by atoms with Crippen LogP contribution in [0.1, 0.15) is 28.6 Å². The van der Waals surface area contributed by atoms with E-state index >= 15 is 0 Å². The van der Waals surface area contributed by atoms with E-state index < -0.39 is 17.8 Å². The first-order valence-electron chi connectivity index (χ1n) is 5.45. The van der Waals surface area contributed by atoms with E-state index in [1.807, 2.05) is 0 Å². The van der Waals surface area contributed by atoms with Gasteiger partial charge in [0.15, 0.2) is 11.6 Å². The van der Waals surface area contributed by atoms with Gasteiger partial charge in [-0.15, -0.1) is 0 Å². The minimum absolute atomic E-state index is 0.0156. The molecule has 8 nitrogen and oxygen atoms in total. The molecule has 0 saturated heterocycles. The second-order valence-electron chi connectivity index (χ2n) is 3.75. The molecule has 0 spiro atoms. The highest BCUT2D eigenvalue weighted by atomic mass is 16.4. The smallest absolute Gasteiger partial charge is 0.323 e. The Morgan fingerprint density at radius 3 is 2.63 bits per heavy atom. The van der Waals surface area contributed by atoms with E-state index in [1.54, 1.807) is 6.92 Å². The lowest BCUT2D eigenvalue weighted by Crippen LogP contribution is -2.39. The molecule has 8 heteroatoms. The highest BCUT2D eigenvalue weighted by Crippen LogP contribution is 2.14. The molecule has 0 atom stereocenters. The molecule has 0 unspecified atom stereocenters. The number of aryl methyl sites for hydroxylation is 1. The number of hydrogen-bond acceptors (Lipinski definition) is 5. The predicted octanol–water partition coefficient (Wildman–Crippen LogP) is -0.178. The Bertz CT molecular complexity index is 509. The molecule has 0 aliphatic rings. The molecule has 0 saturated carbocycles. The lowest BCUT2D eigenvalue weighted by atomic mass is 10.3. The molecule has 1 radical (unpaired) electrons. The van der Waals surface area contributed by atoms with Crippen molar-refractivity contribution in [3.8, 4) is 0 Å². The van der Waals surface area contributed by atoms with Crippen molar-refractivity contribution in [2.45, 2.75) is 13.3 Å². The van der Waals surface area contributed by atoms with E-state index in [-0.39, 0.29) is 23.8 Å². The van der Waals surface area contributed by atoms with E-state index in [9.17, 15) is 14.4 Å². The number of nitrogens with one attached hydrogen (secondary N) is 1. The van der Waals surface area contributed by atoms with E-state index in [1.165, 1.54) is 20.5 Å². The summed E-state index contributed by atoms with van der Waals surface area (Å²) in [7, 11) is 2.73. The zero-order valence-electron chi connectivity index (χ0n) is 10.9. The average molecular weight is 267 g/mol. The summed E-state index contributed by atoms with van der Waals surface area (Å²) < 4.78 is 5.20. The van der Waals surface area contributed by atoms with Gasteiger partial charge in [-0.1, -0.05) is 0 Å². The molecule has 1 heterocycles. The number of oxazole rings is 1. The van der Waals surface area contributed by atoms with Gasteiger partial charge in [-0.3, -0.25) is 14.5 Å². The maximum atomic E-state index is 12.0. The summed E-state index contributed by atoms with van der Waals surface area (Å²) in [6.45, 7) is 1.54. The normalized spacial score (nSPS) is 10.1. The third-order valence-corrected chi connectivity index (χ3v) is 2.32. The van der Waals surface area contributed by atoms with Crippen molar-refractivity contribution in [1.82, 2.24) is 15.2 Å². The van der Waals surface area contributed by atoms with Crippen LogP contribution in [0.2, 0.25) is 0 Å². The van der Waals surface area contributed by atoms with Crippen LogP contribution in [0.5, 0.6) is 0 Å². The van der Waals surface area contributed by atoms with E-state index in [0.717, 1.165) is 4.90 Å². The van der Waals surface area contributed by atoms with Gasteiger partial charge in [-0.25, -0.2) is 9.78 Å². The molecule has 0 bridgehead atoms. The fourth-order valence-corrected chi connectivity index (χ4v) is 1.31. The van der Waals surface area contributed by atoms with Gasteiger partial charge < -0.3 is 15.5 Å². The number of aromatic nitrogens is 1. The number of rotatable bonds is 4. The number of hydrogen-bond donors (Lipinski definition) is 2. The van der Waals surface area contributed by atoms with Gasteiger partial charge in [0.05, 0.1) is 6.42 Å². The standard InChI is InChI=1S/C11H15N4O4/c1-6-9(10(17)15(3)11(18)13-2)14-8(19-6)5-4-7(12)16/h5H,4H2,1-3H3,(H2,12,16)(H,13,18). The van der Waals surface area contributed by atoms with Crippen molar-refractivity contribution in [2.75, 3.05) is 14.1 Å². The molecular weight excluding hydrogens is 252 g/mol. The number of carbonyl (C=O) groups excluding carboxylic acids is 3. The first-order valence-corrected chi connectivity index (χ1v) is 5.45. The van der Waals surface area contributed by atoms with Crippen LogP contribution in [-0.2, 0) is 4.79 Å². The van der Waals surface area contributed by atoms with Crippen LogP contribution in [0.4, 0.5) is 4.79 Å². The van der Waals surface area contributed by atoms with E-state index in [4.69, 9.17) is 10.2 Å². The largest absolute Gasteiger partial charge is 0.445 e. The van der Waals surface area contributed by atoms with Crippen molar-refractivity contribution in [3.63, 3.8) is 0 Å². The lowest BCUT2D eigenvalue weighted by molar-refractivity contribution is -0.117. The zero-order chi connectivity index (χ0) is 14.6. The van der Waals surface area contributed by atoms with Gasteiger partial charge in [-0.2, -0.15) is 0 Å². The minimum atomic E-state index is -0.598. The molecule has 0 aliphatic heterocycles. The molecule has 0 aromatic carbocycles. The number of primary amides is 1. The summed E-state index contributed by atoms with van der Waals surface area (Å²) in [5.74, 6) is -0.757. The van der Waals surface area contributed by atoms with Crippen molar-refractivity contribution >= 4 is 17.8 Å². The molecule has 1 aromatic heterocycles. The maximum Gasteiger partial charge on any atom is 0.323 e. The average Bonchev–Trinajstić information content (AvgIpc) is 2.74. The Labute approximate surface area is 109 Å². The van der Waals surface area contributed by atoms with Gasteiger partial charge in [0.1, 0.15) is 5.76 Å². The van der Waals surface area contributed by atoms with Crippen LogP contribution < -0.4 is 11.1 Å². The zero-order valence-corrected chi connectivity index (χ0v) is 10.9. The molecule has 0 fully saturated rings. The molecule has 4 amide bonds. The highest BCUT2D eigenvalue weighted by molar-refractivity contribution is 6.03. The first-order chi connectivity index (χ1) is 8.86. The first kappa shape index (κ1) is 14.7. The van der Waals surface area contributed by atoms with Crippen LogP contribution in [-0.4, -0.2) is 41.8 Å². The summed E-state index contributed by atoms with van der Waals surface area (Å²) >= 11 is 0. The highest BCUT2D eigenvalue weighted by Gasteiger charge is 2.24. The second kappa shape index (κ2) is 5.98. The van der Waals surface area contributed by atoms with Crippen LogP contribution >= 0.6 is 0 Å². The van der Waals surface area contributed by atoms with E-state index in [2.05, 4.69) is 10.3 Å². The lowest BCUT2D eigenvalue weighted by Gasteiger charge is -2.12. The minimum Gasteiger partial charge on any atom is -0.445 e. The van der Waals surface area contributed by atoms with Crippen LogP contribution in [0.3, 0.4) is 0 Å². The SMILES string of the molecule is CNC(=O)N(C)C(=O)c1nc([CH]CC(N)=O)oc1C. The summed E-state index contributed by atoms with van der Waals surface area (Å²) in [6, 6.07) is -0.560. The molecule has 1 rings (SSSR count). The molecule has 19 heavy (non-hydrogen) atoms. The molecule has 3 N–H and O–H groups in total. The van der Waals surface area contributed by atoms with Gasteiger partial charge in [-0.05, 0) is 6.92 Å². The van der Waals surface area contributed by atoms with Crippen molar-refractivity contribution < 1.29 is 18.8 Å². The fourth-order valence-electron chi connectivity index (χ4n) is 1.31. The summed E-state index contributed by atoms with van der Waals surface area (Å²) in [5, 5.41) is 2.32. The Morgan fingerprint density at radius 2 is 2.11 bits per heavy atom. The Kier molecular flexibility index (Phi) is 4.62. The maximum absolute atomic E-state index is 12.0. The molecular formula is C11H15N4O4. The van der Waals surface area contributed by atoms with Crippen LogP contribution in [0.25, 0.3) is 0 Å². The number of nitrogens with zero attached hydrogens (tertiary/aromatic N) is 2. The number of imide groups is 1. The second-order valence-corrected chi connectivity index (χ2v) is 3.75. The monoisotopic (exact) mass is 267 g/mol. The number of urea groups is 1. The third kappa shape index (κ3) is 3.54. The predicted molar refractivity (Wildman–Crippen MR) is 65.0 cm³/mol. The Balaban J connectivity index is 2.86. The number of nitrogens with two attached hydrogens (primary N) is 1. The Morgan fingerprint density at radius 1 is 1.47 bits per heavy atom. The summed E-state index contributed by atoms with van der Waals surface area (Å²) in [4.78, 5) is 38.7. The molecule has 1 aromatic rings. The summed E-state index contributed by atoms with van der Waals surface area (Å²) in [6.07, 6.45) is 1.32. The van der Waals surface area contributed by atoms with Gasteiger partial charge in [0.25, 0.3) is 5.91 Å². The third-order valence-electron chi connectivity index (χ3n) is 2.32. The fraction of sp³-hybridized carbons (Fsp3) is 0.364. The van der Waals surface area contributed by atoms with E-state index in [0.29, 0.717) is 0 Å². The summed E-state index contributed by atoms with van der Waals surface area (Å²) in [5.41, 5.74) is 5.00. The van der Waals surface area contributed by atoms with Gasteiger partial charge >= 0.3 is 6.03 Å². The number of carbonyl (C=O) groups is 3. The quantitative estimate of drug-likeness (QED) is 0.784. The van der Waals surface area contributed by atoms with Crippen molar-refractivity contribution in [1.29, 1.82) is 0 Å². The topological polar surface area (TPSA) is 119 Å². The van der Waals surface area contributed by atoms with Gasteiger partial charge in [0.2, 0.25) is 5.91 Å².